The quantitative estimate of drug-likeness (QED) is 0.825. The molecule has 0 atom stereocenters. The molecule has 3 N–H and O–H groups in total. The molecule has 1 fully saturated rings. The Bertz CT molecular complexity index is 399. The topological polar surface area (TPSA) is 83.2 Å². The Morgan fingerprint density at radius 1 is 1.11 bits per heavy atom. The fourth-order valence-electron chi connectivity index (χ4n) is 2.23. The fourth-order valence-corrected chi connectivity index (χ4v) is 2.23. The summed E-state index contributed by atoms with van der Waals surface area (Å²) in [6.45, 7) is 7.88. The van der Waals surface area contributed by atoms with E-state index in [9.17, 15) is 0 Å². The summed E-state index contributed by atoms with van der Waals surface area (Å²) >= 11 is 0. The van der Waals surface area contributed by atoms with Crippen molar-refractivity contribution in [3.8, 4) is 0 Å². The lowest BCUT2D eigenvalue weighted by Crippen LogP contribution is -2.36. The Morgan fingerprint density at radius 2 is 1.79 bits per heavy atom. The monoisotopic (exact) mass is 265 g/mol. The molecule has 0 aliphatic carbocycles. The van der Waals surface area contributed by atoms with Crippen LogP contribution in [-0.4, -0.2) is 46.1 Å². The summed E-state index contributed by atoms with van der Waals surface area (Å²) in [5.74, 6) is 1.43. The van der Waals surface area contributed by atoms with Crippen molar-refractivity contribution in [3.63, 3.8) is 0 Å². The van der Waals surface area contributed by atoms with E-state index in [0.717, 1.165) is 26.2 Å². The molecule has 0 bridgehead atoms. The normalized spacial score (nSPS) is 16.3. The summed E-state index contributed by atoms with van der Waals surface area (Å²) in [4.78, 5) is 14.8. The molecule has 106 valence electrons. The Hall–Kier alpha value is -1.63. The maximum atomic E-state index is 5.76. The van der Waals surface area contributed by atoms with Crippen molar-refractivity contribution in [1.29, 1.82) is 0 Å². The van der Waals surface area contributed by atoms with Gasteiger partial charge in [0.05, 0.1) is 0 Å². The van der Waals surface area contributed by atoms with Crippen molar-refractivity contribution in [3.05, 3.63) is 0 Å². The lowest BCUT2D eigenvalue weighted by molar-refractivity contribution is 0.271. The van der Waals surface area contributed by atoms with E-state index in [1.165, 1.54) is 19.3 Å². The number of nitrogens with one attached hydrogen (secondary N) is 1. The van der Waals surface area contributed by atoms with Gasteiger partial charge in [0.15, 0.2) is 0 Å². The molecule has 19 heavy (non-hydrogen) atoms. The first-order valence-electron chi connectivity index (χ1n) is 7.01. The summed E-state index contributed by atoms with van der Waals surface area (Å²) in [5, 5.41) is 2.14. The summed E-state index contributed by atoms with van der Waals surface area (Å²) in [6, 6.07) is 0. The van der Waals surface area contributed by atoms with Crippen LogP contribution in [0, 0.1) is 0 Å². The zero-order chi connectivity index (χ0) is 13.7. The number of aromatic nitrogens is 3. The van der Waals surface area contributed by atoms with E-state index in [0.29, 0.717) is 11.9 Å². The highest BCUT2D eigenvalue weighted by Gasteiger charge is 2.14. The number of anilines is 3. The third-order valence-corrected chi connectivity index (χ3v) is 3.30. The summed E-state index contributed by atoms with van der Waals surface area (Å²) in [6.07, 6.45) is 3.70. The summed E-state index contributed by atoms with van der Waals surface area (Å²) in [5.41, 5.74) is 8.99. The molecule has 0 amide bonds. The maximum Gasteiger partial charge on any atom is 0.244 e. The standard InChI is InChI=1S/C12H23N7/c1-3-18(4-2)12-15-10(13)14-11(16-12)17-19-8-6-5-7-9-19/h3-9H2,1-2H3,(H3,13,14,15,16,17). The van der Waals surface area contributed by atoms with Crippen molar-refractivity contribution in [2.45, 2.75) is 33.1 Å². The Kier molecular flexibility index (Phi) is 4.73. The number of nitrogens with two attached hydrogens (primary N) is 1. The third-order valence-electron chi connectivity index (χ3n) is 3.30. The highest BCUT2D eigenvalue weighted by atomic mass is 15.5. The van der Waals surface area contributed by atoms with E-state index in [1.807, 2.05) is 0 Å². The molecule has 1 aromatic heterocycles. The van der Waals surface area contributed by atoms with Crippen molar-refractivity contribution >= 4 is 17.8 Å². The van der Waals surface area contributed by atoms with Gasteiger partial charge in [-0.15, -0.1) is 0 Å². The van der Waals surface area contributed by atoms with Gasteiger partial charge in [0.1, 0.15) is 0 Å². The van der Waals surface area contributed by atoms with Crippen LogP contribution in [0.25, 0.3) is 0 Å². The van der Waals surface area contributed by atoms with Crippen LogP contribution < -0.4 is 16.1 Å². The van der Waals surface area contributed by atoms with Crippen LogP contribution in [0.3, 0.4) is 0 Å². The summed E-state index contributed by atoms with van der Waals surface area (Å²) in [7, 11) is 0. The molecule has 1 saturated heterocycles. The molecule has 7 nitrogen and oxygen atoms in total. The number of nitrogens with zero attached hydrogens (tertiary/aromatic N) is 5. The van der Waals surface area contributed by atoms with E-state index in [-0.39, 0.29) is 5.95 Å². The number of hydrazine groups is 1. The van der Waals surface area contributed by atoms with E-state index >= 15 is 0 Å². The second-order valence-corrected chi connectivity index (χ2v) is 4.65. The Labute approximate surface area is 114 Å². The number of hydrogen-bond acceptors (Lipinski definition) is 7. The van der Waals surface area contributed by atoms with Gasteiger partial charge in [-0.2, -0.15) is 15.0 Å². The van der Waals surface area contributed by atoms with Crippen molar-refractivity contribution < 1.29 is 0 Å². The minimum Gasteiger partial charge on any atom is -0.368 e. The minimum absolute atomic E-state index is 0.261. The van der Waals surface area contributed by atoms with Crippen LogP contribution >= 0.6 is 0 Å². The van der Waals surface area contributed by atoms with Crippen LogP contribution in [-0.2, 0) is 0 Å². The van der Waals surface area contributed by atoms with Crippen LogP contribution in [0.15, 0.2) is 0 Å². The SMILES string of the molecule is CCN(CC)c1nc(N)nc(NN2CCCCC2)n1. The molecule has 2 heterocycles. The highest BCUT2D eigenvalue weighted by Crippen LogP contribution is 2.14. The van der Waals surface area contributed by atoms with Gasteiger partial charge in [-0.1, -0.05) is 6.42 Å². The summed E-state index contributed by atoms with van der Waals surface area (Å²) < 4.78 is 0. The van der Waals surface area contributed by atoms with Gasteiger partial charge in [-0.3, -0.25) is 5.43 Å². The average Bonchev–Trinajstić information content (AvgIpc) is 2.40. The molecule has 7 heteroatoms. The third kappa shape index (κ3) is 3.66. The Morgan fingerprint density at radius 3 is 2.42 bits per heavy atom. The van der Waals surface area contributed by atoms with E-state index in [4.69, 9.17) is 5.73 Å². The van der Waals surface area contributed by atoms with Gasteiger partial charge < -0.3 is 10.6 Å². The lowest BCUT2D eigenvalue weighted by Gasteiger charge is -2.27. The zero-order valence-electron chi connectivity index (χ0n) is 11.8. The lowest BCUT2D eigenvalue weighted by atomic mass is 10.2. The van der Waals surface area contributed by atoms with Crippen molar-refractivity contribution in [1.82, 2.24) is 20.0 Å². The van der Waals surface area contributed by atoms with E-state index < -0.39 is 0 Å². The number of nitrogen functional groups attached to an aromatic ring is 1. The van der Waals surface area contributed by atoms with Crippen molar-refractivity contribution in [2.75, 3.05) is 42.2 Å². The molecule has 1 aliphatic rings. The molecule has 0 radical (unpaired) electrons. The highest BCUT2D eigenvalue weighted by molar-refractivity contribution is 5.41. The first kappa shape index (κ1) is 13.8. The van der Waals surface area contributed by atoms with Gasteiger partial charge in [-0.05, 0) is 26.7 Å². The van der Waals surface area contributed by atoms with Crippen molar-refractivity contribution in [2.24, 2.45) is 0 Å². The average molecular weight is 265 g/mol. The number of piperidine rings is 1. The number of hydrogen-bond donors (Lipinski definition) is 2. The first-order chi connectivity index (χ1) is 9.22. The largest absolute Gasteiger partial charge is 0.368 e. The van der Waals surface area contributed by atoms with Crippen LogP contribution in [0.4, 0.5) is 17.8 Å². The van der Waals surface area contributed by atoms with E-state index in [2.05, 4.69) is 44.1 Å². The molecule has 0 spiro atoms. The minimum atomic E-state index is 0.261. The molecule has 0 saturated carbocycles. The van der Waals surface area contributed by atoms with Gasteiger partial charge in [0.2, 0.25) is 17.8 Å². The Balaban J connectivity index is 2.11. The van der Waals surface area contributed by atoms with Gasteiger partial charge in [0.25, 0.3) is 0 Å². The van der Waals surface area contributed by atoms with Gasteiger partial charge in [0, 0.05) is 26.2 Å². The molecular weight excluding hydrogens is 242 g/mol. The first-order valence-corrected chi connectivity index (χ1v) is 7.01. The smallest absolute Gasteiger partial charge is 0.244 e. The van der Waals surface area contributed by atoms with Crippen LogP contribution in [0.2, 0.25) is 0 Å². The molecule has 0 aromatic carbocycles. The second kappa shape index (κ2) is 6.51. The molecular formula is C12H23N7. The molecule has 1 aliphatic heterocycles. The van der Waals surface area contributed by atoms with Gasteiger partial charge in [-0.25, -0.2) is 5.01 Å². The predicted molar refractivity (Wildman–Crippen MR) is 76.8 cm³/mol. The molecule has 2 rings (SSSR count). The zero-order valence-corrected chi connectivity index (χ0v) is 11.8. The van der Waals surface area contributed by atoms with Crippen LogP contribution in [0.1, 0.15) is 33.1 Å². The number of rotatable bonds is 5. The molecule has 1 aromatic rings. The molecule has 0 unspecified atom stereocenters. The fraction of sp³-hybridized carbons (Fsp3) is 0.750. The van der Waals surface area contributed by atoms with Gasteiger partial charge >= 0.3 is 0 Å². The van der Waals surface area contributed by atoms with Crippen LogP contribution in [0.5, 0.6) is 0 Å². The maximum absolute atomic E-state index is 5.76. The van der Waals surface area contributed by atoms with E-state index in [1.54, 1.807) is 0 Å². The second-order valence-electron chi connectivity index (χ2n) is 4.65. The predicted octanol–water partition coefficient (Wildman–Crippen LogP) is 1.11.